The van der Waals surface area contributed by atoms with Crippen molar-refractivity contribution in [2.45, 2.75) is 5.03 Å². The van der Waals surface area contributed by atoms with E-state index in [1.54, 1.807) is 31.5 Å². The number of benzene rings is 1. The summed E-state index contributed by atoms with van der Waals surface area (Å²) in [6.45, 7) is 0. The molecule has 0 aliphatic rings. The van der Waals surface area contributed by atoms with Gasteiger partial charge in [-0.2, -0.15) is 0 Å². The number of nitrogens with one attached hydrogen (secondary N) is 1. The fourth-order valence-corrected chi connectivity index (χ4v) is 2.43. The van der Waals surface area contributed by atoms with Crippen molar-refractivity contribution < 1.29 is 9.53 Å². The van der Waals surface area contributed by atoms with Gasteiger partial charge in [-0.25, -0.2) is 4.98 Å². The maximum Gasteiger partial charge on any atom is 0.234 e. The first-order chi connectivity index (χ1) is 9.69. The second kappa shape index (κ2) is 7.17. The minimum absolute atomic E-state index is 0.109. The summed E-state index contributed by atoms with van der Waals surface area (Å²) in [7, 11) is 1.54. The van der Waals surface area contributed by atoms with Crippen molar-refractivity contribution in [3.63, 3.8) is 0 Å². The van der Waals surface area contributed by atoms with Gasteiger partial charge in [0.15, 0.2) is 0 Å². The molecule has 0 saturated carbocycles. The molecule has 0 unspecified atom stereocenters. The number of anilines is 1. The van der Waals surface area contributed by atoms with Gasteiger partial charge in [0.1, 0.15) is 5.75 Å². The van der Waals surface area contributed by atoms with E-state index in [2.05, 4.69) is 10.3 Å². The van der Waals surface area contributed by atoms with Gasteiger partial charge in [-0.05, 0) is 30.3 Å². The average Bonchev–Trinajstić information content (AvgIpc) is 2.46. The van der Waals surface area contributed by atoms with Crippen molar-refractivity contribution in [2.24, 2.45) is 0 Å². The van der Waals surface area contributed by atoms with E-state index < -0.39 is 0 Å². The lowest BCUT2D eigenvalue weighted by Gasteiger charge is -2.07. The third-order valence-corrected chi connectivity index (χ3v) is 3.66. The van der Waals surface area contributed by atoms with Crippen molar-refractivity contribution in [3.8, 4) is 5.75 Å². The molecular weight excluding hydrogens is 296 g/mol. The summed E-state index contributed by atoms with van der Waals surface area (Å²) in [5.41, 5.74) is 0.641. The number of hydrogen-bond acceptors (Lipinski definition) is 4. The Bertz CT molecular complexity index is 593. The van der Waals surface area contributed by atoms with Crippen molar-refractivity contribution in [1.29, 1.82) is 0 Å². The second-order valence-corrected chi connectivity index (χ2v) is 5.26. The zero-order valence-corrected chi connectivity index (χ0v) is 12.4. The molecule has 0 bridgehead atoms. The van der Waals surface area contributed by atoms with Crippen LogP contribution in [0.15, 0.2) is 47.6 Å². The first kappa shape index (κ1) is 14.7. The number of methoxy groups -OCH3 is 1. The van der Waals surface area contributed by atoms with Gasteiger partial charge in [0.25, 0.3) is 0 Å². The Kier molecular flexibility index (Phi) is 5.26. The molecule has 6 heteroatoms. The number of amides is 1. The van der Waals surface area contributed by atoms with E-state index in [0.717, 1.165) is 5.03 Å². The van der Waals surface area contributed by atoms with Crippen LogP contribution in [0.4, 0.5) is 5.69 Å². The Morgan fingerprint density at radius 3 is 2.90 bits per heavy atom. The Morgan fingerprint density at radius 1 is 1.40 bits per heavy atom. The van der Waals surface area contributed by atoms with Crippen LogP contribution in [0.5, 0.6) is 5.75 Å². The quantitative estimate of drug-likeness (QED) is 0.859. The first-order valence-corrected chi connectivity index (χ1v) is 7.22. The highest BCUT2D eigenvalue weighted by atomic mass is 35.5. The Labute approximate surface area is 126 Å². The topological polar surface area (TPSA) is 51.2 Å². The summed E-state index contributed by atoms with van der Waals surface area (Å²) < 4.78 is 5.05. The van der Waals surface area contributed by atoms with Crippen LogP contribution in [0.1, 0.15) is 0 Å². The highest BCUT2D eigenvalue weighted by molar-refractivity contribution is 7.99. The van der Waals surface area contributed by atoms with Crippen LogP contribution in [0.2, 0.25) is 5.02 Å². The normalized spacial score (nSPS) is 10.1. The molecule has 1 N–H and O–H groups in total. The maximum absolute atomic E-state index is 11.8. The number of thioether (sulfide) groups is 1. The van der Waals surface area contributed by atoms with E-state index in [1.165, 1.54) is 11.8 Å². The summed E-state index contributed by atoms with van der Waals surface area (Å²) in [6, 6.07) is 10.7. The van der Waals surface area contributed by atoms with Gasteiger partial charge in [-0.1, -0.05) is 29.4 Å². The van der Waals surface area contributed by atoms with Crippen LogP contribution in [0.25, 0.3) is 0 Å². The third kappa shape index (κ3) is 4.15. The standard InChI is InChI=1S/C14H13ClN2O2S/c1-19-12-6-5-10(8-11(12)15)17-13(18)9-20-14-4-2-3-7-16-14/h2-8H,9H2,1H3,(H,17,18). The van der Waals surface area contributed by atoms with Crippen LogP contribution < -0.4 is 10.1 Å². The van der Waals surface area contributed by atoms with Gasteiger partial charge in [0.05, 0.1) is 22.9 Å². The molecule has 0 spiro atoms. The zero-order valence-electron chi connectivity index (χ0n) is 10.8. The monoisotopic (exact) mass is 308 g/mol. The number of pyridine rings is 1. The van der Waals surface area contributed by atoms with Gasteiger partial charge in [0, 0.05) is 11.9 Å². The summed E-state index contributed by atoms with van der Waals surface area (Å²) >= 11 is 7.37. The Hall–Kier alpha value is -1.72. The maximum atomic E-state index is 11.8. The summed E-state index contributed by atoms with van der Waals surface area (Å²) in [5, 5.41) is 4.05. The van der Waals surface area contributed by atoms with Crippen LogP contribution in [0, 0.1) is 0 Å². The minimum atomic E-state index is -0.109. The first-order valence-electron chi connectivity index (χ1n) is 5.86. The molecular formula is C14H13ClN2O2S. The molecule has 1 aromatic heterocycles. The molecule has 4 nitrogen and oxygen atoms in total. The van der Waals surface area contributed by atoms with Crippen LogP contribution in [0.3, 0.4) is 0 Å². The molecule has 0 saturated heterocycles. The fourth-order valence-electron chi connectivity index (χ4n) is 1.51. The molecule has 104 valence electrons. The molecule has 1 aromatic carbocycles. The second-order valence-electron chi connectivity index (χ2n) is 3.85. The van der Waals surface area contributed by atoms with Crippen LogP contribution in [-0.4, -0.2) is 23.8 Å². The van der Waals surface area contributed by atoms with Gasteiger partial charge in [-0.15, -0.1) is 0 Å². The summed E-state index contributed by atoms with van der Waals surface area (Å²) in [4.78, 5) is 16.0. The third-order valence-electron chi connectivity index (χ3n) is 2.42. The van der Waals surface area contributed by atoms with E-state index >= 15 is 0 Å². The van der Waals surface area contributed by atoms with Gasteiger partial charge >= 0.3 is 0 Å². The molecule has 2 rings (SSSR count). The lowest BCUT2D eigenvalue weighted by molar-refractivity contribution is -0.113. The van der Waals surface area contributed by atoms with E-state index in [1.807, 2.05) is 18.2 Å². The molecule has 20 heavy (non-hydrogen) atoms. The van der Waals surface area contributed by atoms with Crippen LogP contribution in [-0.2, 0) is 4.79 Å². The van der Waals surface area contributed by atoms with Crippen LogP contribution >= 0.6 is 23.4 Å². The molecule has 0 atom stereocenters. The fraction of sp³-hybridized carbons (Fsp3) is 0.143. The summed E-state index contributed by atoms with van der Waals surface area (Å²) in [6.07, 6.45) is 1.70. The van der Waals surface area contributed by atoms with Crippen molar-refractivity contribution in [3.05, 3.63) is 47.6 Å². The number of aromatic nitrogens is 1. The lowest BCUT2D eigenvalue weighted by atomic mass is 10.3. The SMILES string of the molecule is COc1ccc(NC(=O)CSc2ccccn2)cc1Cl. The lowest BCUT2D eigenvalue weighted by Crippen LogP contribution is -2.14. The highest BCUT2D eigenvalue weighted by Crippen LogP contribution is 2.27. The van der Waals surface area contributed by atoms with E-state index in [-0.39, 0.29) is 5.91 Å². The summed E-state index contributed by atoms with van der Waals surface area (Å²) in [5.74, 6) is 0.759. The molecule has 0 aliphatic heterocycles. The average molecular weight is 309 g/mol. The number of halogens is 1. The van der Waals surface area contributed by atoms with E-state index in [9.17, 15) is 4.79 Å². The number of carbonyl (C=O) groups is 1. The smallest absolute Gasteiger partial charge is 0.234 e. The molecule has 0 aliphatic carbocycles. The van der Waals surface area contributed by atoms with Crippen molar-refractivity contribution >= 4 is 35.0 Å². The Morgan fingerprint density at radius 2 is 2.25 bits per heavy atom. The molecule has 0 fully saturated rings. The van der Waals surface area contributed by atoms with Gasteiger partial charge in [0.2, 0.25) is 5.91 Å². The van der Waals surface area contributed by atoms with Gasteiger partial charge in [-0.3, -0.25) is 4.79 Å². The van der Waals surface area contributed by atoms with Gasteiger partial charge < -0.3 is 10.1 Å². The molecule has 1 heterocycles. The predicted octanol–water partition coefficient (Wildman–Crippen LogP) is 3.47. The number of rotatable bonds is 5. The van der Waals surface area contributed by atoms with Crippen molar-refractivity contribution in [2.75, 3.05) is 18.2 Å². The number of carbonyl (C=O) groups excluding carboxylic acids is 1. The number of nitrogens with zero attached hydrogens (tertiary/aromatic N) is 1. The highest BCUT2D eigenvalue weighted by Gasteiger charge is 2.06. The number of ether oxygens (including phenoxy) is 1. The largest absolute Gasteiger partial charge is 0.495 e. The Balaban J connectivity index is 1.90. The molecule has 2 aromatic rings. The van der Waals surface area contributed by atoms with Crippen molar-refractivity contribution in [1.82, 2.24) is 4.98 Å². The molecule has 0 radical (unpaired) electrons. The van der Waals surface area contributed by atoms with E-state index in [4.69, 9.17) is 16.3 Å². The van der Waals surface area contributed by atoms with E-state index in [0.29, 0.717) is 22.2 Å². The minimum Gasteiger partial charge on any atom is -0.495 e. The number of hydrogen-bond donors (Lipinski definition) is 1. The molecule has 1 amide bonds. The zero-order chi connectivity index (χ0) is 14.4. The predicted molar refractivity (Wildman–Crippen MR) is 81.6 cm³/mol.